The first-order valence-electron chi connectivity index (χ1n) is 9.61. The Morgan fingerprint density at radius 1 is 1.18 bits per heavy atom. The van der Waals surface area contributed by atoms with E-state index in [1.165, 1.54) is 11.3 Å². The number of nitrogens with two attached hydrogens (primary N) is 1. The van der Waals surface area contributed by atoms with Gasteiger partial charge < -0.3 is 21.3 Å². The Bertz CT molecular complexity index is 674. The topological polar surface area (TPSA) is 86.0 Å². The predicted molar refractivity (Wildman–Crippen MR) is 125 cm³/mol. The lowest BCUT2D eigenvalue weighted by Crippen LogP contribution is -2.49. The average molecular weight is 498 g/mol. The van der Waals surface area contributed by atoms with Gasteiger partial charge in [0.15, 0.2) is 5.96 Å². The number of guanidine groups is 1. The smallest absolute Gasteiger partial charge is 0.231 e. The van der Waals surface area contributed by atoms with Crippen LogP contribution in [0.15, 0.2) is 41.4 Å². The van der Waals surface area contributed by atoms with Crippen molar-refractivity contribution < 1.29 is 4.79 Å². The van der Waals surface area contributed by atoms with Crippen molar-refractivity contribution in [1.82, 2.24) is 15.5 Å². The lowest BCUT2D eigenvalue weighted by Gasteiger charge is -2.32. The van der Waals surface area contributed by atoms with Crippen LogP contribution in [0, 0.1) is 0 Å². The number of aliphatic imine (C=N–C) groups is 1. The summed E-state index contributed by atoms with van der Waals surface area (Å²) in [6, 6.07) is 9.04. The van der Waals surface area contributed by atoms with E-state index in [1.54, 1.807) is 7.05 Å². The molecule has 154 valence electrons. The molecule has 0 aliphatic carbocycles. The molecule has 1 saturated heterocycles. The number of carbonyl (C=O) groups is 1. The number of anilines is 1. The molecular weight excluding hydrogens is 467 g/mol. The highest BCUT2D eigenvalue weighted by atomic mass is 127. The van der Waals surface area contributed by atoms with Gasteiger partial charge in [-0.15, -0.1) is 24.0 Å². The second-order valence-corrected chi connectivity index (χ2v) is 7.13. The maximum atomic E-state index is 11.0. The van der Waals surface area contributed by atoms with Gasteiger partial charge in [-0.05, 0) is 30.5 Å². The van der Waals surface area contributed by atoms with Crippen LogP contribution in [0.2, 0.25) is 0 Å². The molecule has 0 unspecified atom stereocenters. The van der Waals surface area contributed by atoms with E-state index in [9.17, 15) is 4.79 Å². The van der Waals surface area contributed by atoms with Crippen LogP contribution in [-0.2, 0) is 11.3 Å². The molecule has 0 spiro atoms. The highest BCUT2D eigenvalue weighted by molar-refractivity contribution is 14.0. The normalized spacial score (nSPS) is 18.0. The number of nitrogens with zero attached hydrogens (tertiary/aromatic N) is 3. The van der Waals surface area contributed by atoms with Crippen molar-refractivity contribution in [2.45, 2.75) is 25.4 Å². The summed E-state index contributed by atoms with van der Waals surface area (Å²) in [5.41, 5.74) is 7.75. The number of hydrogen-bond donors (Lipinski definition) is 3. The van der Waals surface area contributed by atoms with Crippen LogP contribution >= 0.6 is 24.0 Å². The van der Waals surface area contributed by atoms with Gasteiger partial charge in [-0.2, -0.15) is 0 Å². The Labute approximate surface area is 184 Å². The molecular formula is C20H31IN6O. The largest absolute Gasteiger partial charge is 0.369 e. The van der Waals surface area contributed by atoms with Gasteiger partial charge in [-0.3, -0.25) is 14.7 Å². The molecule has 0 saturated carbocycles. The summed E-state index contributed by atoms with van der Waals surface area (Å²) < 4.78 is 0. The molecule has 8 heteroatoms. The van der Waals surface area contributed by atoms with Crippen LogP contribution in [0.4, 0.5) is 5.69 Å². The molecule has 3 rings (SSSR count). The number of rotatable bonds is 6. The molecule has 28 heavy (non-hydrogen) atoms. The van der Waals surface area contributed by atoms with Gasteiger partial charge in [0, 0.05) is 51.5 Å². The molecule has 0 aromatic heterocycles. The van der Waals surface area contributed by atoms with Crippen molar-refractivity contribution in [2.75, 3.05) is 44.7 Å². The molecule has 1 aromatic carbocycles. The van der Waals surface area contributed by atoms with Gasteiger partial charge in [-0.1, -0.05) is 24.3 Å². The van der Waals surface area contributed by atoms with Gasteiger partial charge in [0.2, 0.25) is 5.91 Å². The second kappa shape index (κ2) is 11.3. The van der Waals surface area contributed by atoms with E-state index in [4.69, 9.17) is 5.73 Å². The average Bonchev–Trinajstić information content (AvgIpc) is 3.21. The van der Waals surface area contributed by atoms with Gasteiger partial charge in [0.05, 0.1) is 6.54 Å². The Morgan fingerprint density at radius 2 is 1.82 bits per heavy atom. The minimum atomic E-state index is -0.258. The zero-order chi connectivity index (χ0) is 19.1. The maximum Gasteiger partial charge on any atom is 0.231 e. The number of carbonyl (C=O) groups excluding carboxylic acids is 1. The number of piperidine rings is 1. The van der Waals surface area contributed by atoms with E-state index in [0.717, 1.165) is 51.5 Å². The van der Waals surface area contributed by atoms with Crippen molar-refractivity contribution >= 4 is 41.5 Å². The number of benzene rings is 1. The standard InChI is InChI=1S/C20H30N6O.HI/c1-22-20(24-17-8-12-25(13-9-17)15-19(21)27)23-14-16-4-6-18(7-5-16)26-10-2-3-11-26;/h2-7,17H,8-15H2,1H3,(H2,21,27)(H2,22,23,24);1H. The zero-order valence-electron chi connectivity index (χ0n) is 16.4. The Hall–Kier alpha value is -1.81. The van der Waals surface area contributed by atoms with Crippen molar-refractivity contribution in [3.63, 3.8) is 0 Å². The number of amides is 1. The third-order valence-electron chi connectivity index (χ3n) is 5.11. The molecule has 1 fully saturated rings. The van der Waals surface area contributed by atoms with Crippen molar-refractivity contribution in [2.24, 2.45) is 10.7 Å². The molecule has 1 aromatic rings. The fourth-order valence-corrected chi connectivity index (χ4v) is 3.54. The predicted octanol–water partition coefficient (Wildman–Crippen LogP) is 1.30. The van der Waals surface area contributed by atoms with Crippen molar-refractivity contribution in [3.8, 4) is 0 Å². The van der Waals surface area contributed by atoms with Crippen LogP contribution in [0.5, 0.6) is 0 Å². The molecule has 0 atom stereocenters. The summed E-state index contributed by atoms with van der Waals surface area (Å²) in [7, 11) is 1.79. The van der Waals surface area contributed by atoms with E-state index in [2.05, 4.69) is 61.8 Å². The SMILES string of the molecule is CN=C(NCc1ccc(N2CC=CC2)cc1)NC1CCN(CC(N)=O)CC1.I. The number of hydrogen-bond acceptors (Lipinski definition) is 4. The lowest BCUT2D eigenvalue weighted by atomic mass is 10.1. The number of nitrogens with one attached hydrogen (secondary N) is 2. The Morgan fingerprint density at radius 3 is 2.39 bits per heavy atom. The molecule has 1 amide bonds. The summed E-state index contributed by atoms with van der Waals surface area (Å²) in [4.78, 5) is 19.8. The number of likely N-dealkylation sites (tertiary alicyclic amines) is 1. The van der Waals surface area contributed by atoms with E-state index in [-0.39, 0.29) is 29.9 Å². The fourth-order valence-electron chi connectivity index (χ4n) is 3.54. The molecule has 7 nitrogen and oxygen atoms in total. The van der Waals surface area contributed by atoms with Crippen molar-refractivity contribution in [3.05, 3.63) is 42.0 Å². The second-order valence-electron chi connectivity index (χ2n) is 7.13. The first-order valence-corrected chi connectivity index (χ1v) is 9.61. The lowest BCUT2D eigenvalue weighted by molar-refractivity contribution is -0.119. The summed E-state index contributed by atoms with van der Waals surface area (Å²) >= 11 is 0. The minimum absolute atomic E-state index is 0. The van der Waals surface area contributed by atoms with Gasteiger partial charge in [-0.25, -0.2) is 0 Å². The molecule has 0 bridgehead atoms. The molecule has 2 aliphatic rings. The van der Waals surface area contributed by atoms with Crippen LogP contribution in [0.1, 0.15) is 18.4 Å². The van der Waals surface area contributed by atoms with E-state index in [0.29, 0.717) is 12.6 Å². The summed E-state index contributed by atoms with van der Waals surface area (Å²) in [5.74, 6) is 0.557. The van der Waals surface area contributed by atoms with Crippen LogP contribution in [0.3, 0.4) is 0 Å². The monoisotopic (exact) mass is 498 g/mol. The number of halogens is 1. The first-order chi connectivity index (χ1) is 13.1. The summed E-state index contributed by atoms with van der Waals surface area (Å²) in [6.45, 7) is 4.83. The Balaban J connectivity index is 0.00000280. The molecule has 2 heterocycles. The fraction of sp³-hybridized carbons (Fsp3) is 0.500. The van der Waals surface area contributed by atoms with E-state index >= 15 is 0 Å². The minimum Gasteiger partial charge on any atom is -0.369 e. The van der Waals surface area contributed by atoms with Crippen molar-refractivity contribution in [1.29, 1.82) is 0 Å². The third-order valence-corrected chi connectivity index (χ3v) is 5.11. The summed E-state index contributed by atoms with van der Waals surface area (Å²) in [6.07, 6.45) is 6.35. The maximum absolute atomic E-state index is 11.0. The van der Waals surface area contributed by atoms with Crippen LogP contribution in [0.25, 0.3) is 0 Å². The van der Waals surface area contributed by atoms with Gasteiger partial charge in [0.25, 0.3) is 0 Å². The molecule has 0 radical (unpaired) electrons. The van der Waals surface area contributed by atoms with Gasteiger partial charge in [0.1, 0.15) is 0 Å². The highest BCUT2D eigenvalue weighted by Gasteiger charge is 2.20. The van der Waals surface area contributed by atoms with Crippen LogP contribution < -0.4 is 21.3 Å². The zero-order valence-corrected chi connectivity index (χ0v) is 18.8. The van der Waals surface area contributed by atoms with E-state index in [1.807, 2.05) is 0 Å². The quantitative estimate of drug-likeness (QED) is 0.238. The molecule has 4 N–H and O–H groups in total. The first kappa shape index (κ1) is 22.5. The third kappa shape index (κ3) is 6.66. The summed E-state index contributed by atoms with van der Waals surface area (Å²) in [5, 5.41) is 6.88. The number of primary amides is 1. The van der Waals surface area contributed by atoms with Crippen LogP contribution in [-0.4, -0.2) is 62.6 Å². The van der Waals surface area contributed by atoms with Gasteiger partial charge >= 0.3 is 0 Å². The highest BCUT2D eigenvalue weighted by Crippen LogP contribution is 2.17. The molecule has 2 aliphatic heterocycles. The van der Waals surface area contributed by atoms with E-state index < -0.39 is 0 Å². The Kier molecular flexibility index (Phi) is 9.04.